The van der Waals surface area contributed by atoms with Crippen molar-refractivity contribution in [3.63, 3.8) is 0 Å². The van der Waals surface area contributed by atoms with E-state index in [9.17, 15) is 15.2 Å². The lowest BCUT2D eigenvalue weighted by atomic mass is 10.1. The quantitative estimate of drug-likeness (QED) is 0.230. The van der Waals surface area contributed by atoms with Gasteiger partial charge >= 0.3 is 5.69 Å². The number of phenols is 1. The molecule has 32 heavy (non-hydrogen) atoms. The molecule has 0 radical (unpaired) electrons. The van der Waals surface area contributed by atoms with E-state index in [4.69, 9.17) is 9.47 Å². The molecule has 1 aliphatic rings. The third-order valence-electron chi connectivity index (χ3n) is 4.54. The number of nitrogens with zero attached hydrogens (tertiary/aromatic N) is 4. The smallest absolute Gasteiger partial charge is 0.315 e. The highest BCUT2D eigenvalue weighted by Crippen LogP contribution is 2.43. The lowest BCUT2D eigenvalue weighted by Crippen LogP contribution is -2.17. The van der Waals surface area contributed by atoms with Crippen LogP contribution in [0.5, 0.6) is 17.4 Å². The van der Waals surface area contributed by atoms with Crippen LogP contribution in [0.4, 0.5) is 11.4 Å². The summed E-state index contributed by atoms with van der Waals surface area (Å²) >= 11 is 1.35. The highest BCUT2D eigenvalue weighted by atomic mass is 32.2. The second-order valence-electron chi connectivity index (χ2n) is 6.61. The fourth-order valence-electron chi connectivity index (χ4n) is 3.16. The fourth-order valence-corrected chi connectivity index (χ4v) is 3.68. The van der Waals surface area contributed by atoms with Crippen molar-refractivity contribution in [2.24, 2.45) is 0 Å². The summed E-state index contributed by atoms with van der Waals surface area (Å²) in [6, 6.07) is 10.1. The zero-order valence-corrected chi connectivity index (χ0v) is 17.8. The molecule has 0 amide bonds. The molecule has 4 rings (SSSR count). The average molecular weight is 453 g/mol. The number of phenolic OH excluding ortho intramolecular Hbond substituents is 1. The Morgan fingerprint density at radius 3 is 2.94 bits per heavy atom. The van der Waals surface area contributed by atoms with Gasteiger partial charge in [0.25, 0.3) is 0 Å². The van der Waals surface area contributed by atoms with E-state index in [0.29, 0.717) is 27.9 Å². The number of benzene rings is 2. The number of hydrogen-bond acceptors (Lipinski definition) is 10. The Hall–Kier alpha value is -3.86. The predicted octanol–water partition coefficient (Wildman–Crippen LogP) is 4.33. The summed E-state index contributed by atoms with van der Waals surface area (Å²) in [5, 5.41) is 33.8. The first kappa shape index (κ1) is 21.4. The minimum absolute atomic E-state index is 0.0112. The lowest BCUT2D eigenvalue weighted by Gasteiger charge is -2.20. The van der Waals surface area contributed by atoms with Crippen LogP contribution in [0.3, 0.4) is 0 Å². The summed E-state index contributed by atoms with van der Waals surface area (Å²) in [4.78, 5) is 15.3. The van der Waals surface area contributed by atoms with Crippen molar-refractivity contribution in [1.29, 1.82) is 0 Å². The minimum Gasteiger partial charge on any atom is -0.500 e. The molecule has 1 atom stereocenters. The number of rotatable bonds is 7. The lowest BCUT2D eigenvalue weighted by molar-refractivity contribution is -0.386. The molecule has 3 aromatic rings. The first-order chi connectivity index (χ1) is 15.5. The van der Waals surface area contributed by atoms with Crippen LogP contribution in [-0.2, 0) is 0 Å². The number of hydrogen-bond donors (Lipinski definition) is 2. The van der Waals surface area contributed by atoms with Crippen molar-refractivity contribution in [2.75, 3.05) is 17.7 Å². The Morgan fingerprint density at radius 1 is 1.38 bits per heavy atom. The molecular weight excluding hydrogens is 434 g/mol. The zero-order valence-electron chi connectivity index (χ0n) is 17.0. The van der Waals surface area contributed by atoms with Crippen LogP contribution in [0.15, 0.2) is 54.2 Å². The Balaban J connectivity index is 1.83. The van der Waals surface area contributed by atoms with E-state index < -0.39 is 22.6 Å². The van der Waals surface area contributed by atoms with E-state index in [1.807, 2.05) is 24.3 Å². The van der Waals surface area contributed by atoms with Gasteiger partial charge in [-0.1, -0.05) is 36.0 Å². The van der Waals surface area contributed by atoms with Crippen LogP contribution in [0.1, 0.15) is 18.7 Å². The third kappa shape index (κ3) is 4.14. The molecule has 11 heteroatoms. The molecule has 0 saturated heterocycles. The van der Waals surface area contributed by atoms with Crippen LogP contribution in [0.25, 0.3) is 11.3 Å². The molecule has 1 aromatic heterocycles. The van der Waals surface area contributed by atoms with Crippen molar-refractivity contribution < 1.29 is 19.5 Å². The van der Waals surface area contributed by atoms with E-state index in [1.165, 1.54) is 23.9 Å². The molecule has 2 N–H and O–H groups in total. The number of anilines is 1. The number of fused-ring (bicyclic) bond motifs is 3. The molecule has 10 nitrogen and oxygen atoms in total. The summed E-state index contributed by atoms with van der Waals surface area (Å²) < 4.78 is 11.5. The average Bonchev–Trinajstić information content (AvgIpc) is 2.95. The Bertz CT molecular complexity index is 1190. The first-order valence-electron chi connectivity index (χ1n) is 9.67. The van der Waals surface area contributed by atoms with Gasteiger partial charge in [-0.25, -0.2) is 0 Å². The largest absolute Gasteiger partial charge is 0.500 e. The van der Waals surface area contributed by atoms with Gasteiger partial charge in [0.1, 0.15) is 0 Å². The van der Waals surface area contributed by atoms with Crippen molar-refractivity contribution in [1.82, 2.24) is 15.2 Å². The highest BCUT2D eigenvalue weighted by Gasteiger charge is 2.29. The van der Waals surface area contributed by atoms with Gasteiger partial charge in [-0.2, -0.15) is 4.98 Å². The monoisotopic (exact) mass is 453 g/mol. The van der Waals surface area contributed by atoms with E-state index in [1.54, 1.807) is 13.0 Å². The number of ether oxygens (including phenoxy) is 2. The molecule has 0 bridgehead atoms. The number of para-hydroxylation sites is 1. The van der Waals surface area contributed by atoms with Crippen LogP contribution < -0.4 is 14.8 Å². The number of nitrogens with one attached hydrogen (secondary N) is 1. The van der Waals surface area contributed by atoms with Gasteiger partial charge in [-0.3, -0.25) is 10.1 Å². The van der Waals surface area contributed by atoms with Gasteiger partial charge in [0.2, 0.25) is 16.8 Å². The Kier molecular flexibility index (Phi) is 6.08. The number of aromatic nitrogens is 3. The van der Waals surface area contributed by atoms with E-state index in [-0.39, 0.29) is 18.2 Å². The van der Waals surface area contributed by atoms with E-state index >= 15 is 0 Å². The first-order valence-corrected chi connectivity index (χ1v) is 10.7. The molecule has 0 unspecified atom stereocenters. The maximum absolute atomic E-state index is 11.5. The van der Waals surface area contributed by atoms with Crippen molar-refractivity contribution >= 4 is 23.1 Å². The Morgan fingerprint density at radius 2 is 2.19 bits per heavy atom. The van der Waals surface area contributed by atoms with Gasteiger partial charge in [0.05, 0.1) is 11.5 Å². The minimum atomic E-state index is -0.870. The summed E-state index contributed by atoms with van der Waals surface area (Å²) in [7, 11) is 0. The predicted molar refractivity (Wildman–Crippen MR) is 119 cm³/mol. The summed E-state index contributed by atoms with van der Waals surface area (Å²) in [6.07, 6.45) is 0.857. The third-order valence-corrected chi connectivity index (χ3v) is 5.37. The molecule has 2 aromatic carbocycles. The van der Waals surface area contributed by atoms with Crippen LogP contribution in [-0.4, -0.2) is 37.6 Å². The van der Waals surface area contributed by atoms with Crippen molar-refractivity contribution in [3.05, 3.63) is 64.7 Å². The van der Waals surface area contributed by atoms with Crippen LogP contribution >= 0.6 is 11.8 Å². The zero-order chi connectivity index (χ0) is 22.7. The summed E-state index contributed by atoms with van der Waals surface area (Å²) in [5.74, 6) is 0.272. The van der Waals surface area contributed by atoms with Crippen molar-refractivity contribution in [2.45, 2.75) is 18.3 Å². The van der Waals surface area contributed by atoms with Crippen LogP contribution in [0, 0.1) is 10.1 Å². The van der Waals surface area contributed by atoms with Crippen LogP contribution in [0.2, 0.25) is 0 Å². The molecule has 1 aliphatic heterocycles. The van der Waals surface area contributed by atoms with Gasteiger partial charge in [-0.15, -0.1) is 16.8 Å². The van der Waals surface area contributed by atoms with E-state index in [0.717, 1.165) is 5.56 Å². The number of nitro groups is 1. The molecule has 0 saturated carbocycles. The molecular formula is C21H19N5O5S. The van der Waals surface area contributed by atoms with Crippen molar-refractivity contribution in [3.8, 4) is 28.6 Å². The second kappa shape index (κ2) is 9.10. The maximum atomic E-state index is 11.5. The summed E-state index contributed by atoms with van der Waals surface area (Å²) in [5.41, 5.74) is 1.74. The molecule has 164 valence electrons. The highest BCUT2D eigenvalue weighted by molar-refractivity contribution is 7.99. The van der Waals surface area contributed by atoms with Gasteiger partial charge in [-0.05, 0) is 19.1 Å². The maximum Gasteiger partial charge on any atom is 0.315 e. The van der Waals surface area contributed by atoms with Gasteiger partial charge < -0.3 is 19.9 Å². The number of nitro benzene ring substituents is 1. The molecule has 0 aliphatic carbocycles. The van der Waals surface area contributed by atoms with Gasteiger partial charge in [0.15, 0.2) is 17.7 Å². The second-order valence-corrected chi connectivity index (χ2v) is 7.60. The fraction of sp³-hybridized carbons (Fsp3) is 0.190. The summed E-state index contributed by atoms with van der Waals surface area (Å²) in [6.45, 7) is 5.63. The topological polar surface area (TPSA) is 133 Å². The molecule has 0 fully saturated rings. The SMILES string of the molecule is C=CCSc1nnc2c(n1)O[C@@H](c1cc(OCC)c(O)c([N+](=O)[O-])c1)Nc1ccccc1-2. The Labute approximate surface area is 187 Å². The van der Waals surface area contributed by atoms with E-state index in [2.05, 4.69) is 27.1 Å². The van der Waals surface area contributed by atoms with Gasteiger partial charge in [0, 0.05) is 28.6 Å². The standard InChI is InChI=1S/C21H19N5O5S/c1-3-9-32-21-23-20-17(24-25-21)13-7-5-6-8-14(13)22-19(31-20)12-10-15(26(28)29)18(27)16(11-12)30-4-2/h3,5-8,10-11,19,22,27H,1,4,9H2,2H3/t19-/m0/s1. The normalized spacial score (nSPS) is 14.2. The molecule has 0 spiro atoms. The number of thioether (sulfide) groups is 1. The molecule has 2 heterocycles. The number of aromatic hydroxyl groups is 1.